The molecule has 33 heavy (non-hydrogen) atoms. The molecule has 9 nitrogen and oxygen atoms in total. The molecule has 1 unspecified atom stereocenters. The Balaban J connectivity index is 1.85. The maximum Gasteiger partial charge on any atom is 0.278 e. The first kappa shape index (κ1) is 22.7. The molecule has 0 bridgehead atoms. The second-order valence-electron chi connectivity index (χ2n) is 7.50. The van der Waals surface area contributed by atoms with Gasteiger partial charge in [-0.05, 0) is 18.6 Å². The van der Waals surface area contributed by atoms with Crippen LogP contribution in [0.1, 0.15) is 44.9 Å². The van der Waals surface area contributed by atoms with Crippen LogP contribution in [0.25, 0.3) is 11.3 Å². The molecule has 2 heterocycles. The average Bonchev–Trinajstić information content (AvgIpc) is 2.96. The minimum absolute atomic E-state index is 0.147. The van der Waals surface area contributed by atoms with Crippen molar-refractivity contribution in [3.63, 3.8) is 0 Å². The highest BCUT2D eigenvalue weighted by molar-refractivity contribution is 7.99. The Bertz CT molecular complexity index is 1190. The first-order valence-corrected chi connectivity index (χ1v) is 11.7. The van der Waals surface area contributed by atoms with Gasteiger partial charge in [-0.2, -0.15) is 4.98 Å². The Labute approximate surface area is 195 Å². The summed E-state index contributed by atoms with van der Waals surface area (Å²) in [5, 5.41) is 20.8. The van der Waals surface area contributed by atoms with E-state index in [2.05, 4.69) is 22.1 Å². The van der Waals surface area contributed by atoms with Crippen LogP contribution in [0.3, 0.4) is 0 Å². The molecule has 3 aromatic rings. The first-order valence-electron chi connectivity index (χ1n) is 10.7. The van der Waals surface area contributed by atoms with Crippen LogP contribution in [0.4, 0.5) is 11.4 Å². The number of carbonyl (C=O) groups is 1. The van der Waals surface area contributed by atoms with Crippen LogP contribution in [-0.4, -0.2) is 31.8 Å². The van der Waals surface area contributed by atoms with Gasteiger partial charge in [-0.25, -0.2) is 0 Å². The van der Waals surface area contributed by atoms with Crippen LogP contribution < -0.4 is 9.64 Å². The minimum atomic E-state index is -1.10. The average molecular weight is 466 g/mol. The molecule has 170 valence electrons. The number of anilines is 1. The molecule has 4 rings (SSSR count). The Morgan fingerprint density at radius 1 is 1.15 bits per heavy atom. The molecule has 0 saturated carbocycles. The second-order valence-corrected chi connectivity index (χ2v) is 8.56. The van der Waals surface area contributed by atoms with Crippen LogP contribution in [0, 0.1) is 10.1 Å². The van der Waals surface area contributed by atoms with Gasteiger partial charge in [0.05, 0.1) is 16.2 Å². The number of rotatable bonds is 7. The van der Waals surface area contributed by atoms with Crippen molar-refractivity contribution in [1.82, 2.24) is 15.2 Å². The summed E-state index contributed by atoms with van der Waals surface area (Å²) >= 11 is 1.48. The van der Waals surface area contributed by atoms with Crippen molar-refractivity contribution in [1.29, 1.82) is 0 Å². The number of nitrogens with zero attached hydrogens (tertiary/aromatic N) is 5. The van der Waals surface area contributed by atoms with Gasteiger partial charge in [-0.15, -0.1) is 10.2 Å². The third-order valence-corrected chi connectivity index (χ3v) is 6.15. The summed E-state index contributed by atoms with van der Waals surface area (Å²) in [6, 6.07) is 13.4. The summed E-state index contributed by atoms with van der Waals surface area (Å²) in [5.41, 5.74) is 1.62. The zero-order valence-electron chi connectivity index (χ0n) is 18.3. The number of amides is 1. The van der Waals surface area contributed by atoms with E-state index in [0.29, 0.717) is 22.1 Å². The van der Waals surface area contributed by atoms with E-state index in [1.807, 2.05) is 6.07 Å². The number of nitro benzene ring substituents is 1. The number of hydrogen-bond acceptors (Lipinski definition) is 8. The van der Waals surface area contributed by atoms with Crippen molar-refractivity contribution >= 4 is 29.0 Å². The minimum Gasteiger partial charge on any atom is -0.447 e. The molecule has 10 heteroatoms. The van der Waals surface area contributed by atoms with Crippen LogP contribution >= 0.6 is 11.8 Å². The molecule has 1 aliphatic rings. The number of nitro groups is 1. The molecule has 0 radical (unpaired) electrons. The maximum atomic E-state index is 12.8. The lowest BCUT2D eigenvalue weighted by atomic mass is 10.1. The third kappa shape index (κ3) is 4.65. The number of unbranched alkanes of at least 4 members (excludes halogenated alkanes) is 2. The molecule has 0 fully saturated rings. The van der Waals surface area contributed by atoms with Crippen LogP contribution in [0.2, 0.25) is 0 Å². The standard InChI is InChI=1S/C23H23N5O4S/c1-3-4-9-14-33-23-24-21-20(25-26-23)16-10-5-7-12-18(16)27(15(2)29)22(32-21)17-11-6-8-13-19(17)28(30)31/h5-8,10-13,22H,3-4,9,14H2,1-2H3. The van der Waals surface area contributed by atoms with Crippen molar-refractivity contribution in [2.45, 2.75) is 44.5 Å². The SMILES string of the molecule is CCCCCSc1nnc2c(n1)OC(c1ccccc1[N+](=O)[O-])N(C(C)=O)c1ccccc1-2. The molecular formula is C23H23N5O4S. The van der Waals surface area contributed by atoms with Crippen LogP contribution in [0.15, 0.2) is 53.7 Å². The van der Waals surface area contributed by atoms with E-state index in [4.69, 9.17) is 4.74 Å². The van der Waals surface area contributed by atoms with Crippen molar-refractivity contribution in [3.8, 4) is 17.1 Å². The van der Waals surface area contributed by atoms with E-state index in [1.54, 1.807) is 36.4 Å². The Hall–Kier alpha value is -3.53. The number of carbonyl (C=O) groups excluding carboxylic acids is 1. The van der Waals surface area contributed by atoms with Gasteiger partial charge in [-0.1, -0.05) is 61.9 Å². The number of ether oxygens (including phenoxy) is 1. The van der Waals surface area contributed by atoms with Gasteiger partial charge in [0.1, 0.15) is 0 Å². The van der Waals surface area contributed by atoms with Gasteiger partial charge < -0.3 is 4.74 Å². The number of thioether (sulfide) groups is 1. The van der Waals surface area contributed by atoms with Gasteiger partial charge in [0.25, 0.3) is 5.69 Å². The first-order chi connectivity index (χ1) is 16.0. The third-order valence-electron chi connectivity index (χ3n) is 5.23. The zero-order valence-corrected chi connectivity index (χ0v) is 19.1. The molecule has 0 N–H and O–H groups in total. The van der Waals surface area contributed by atoms with Gasteiger partial charge in [-0.3, -0.25) is 19.8 Å². The fourth-order valence-corrected chi connectivity index (χ4v) is 4.47. The molecule has 1 atom stereocenters. The highest BCUT2D eigenvalue weighted by Gasteiger charge is 2.37. The molecule has 1 aromatic heterocycles. The fourth-order valence-electron chi connectivity index (χ4n) is 3.69. The van der Waals surface area contributed by atoms with E-state index in [1.165, 1.54) is 29.7 Å². The van der Waals surface area contributed by atoms with E-state index >= 15 is 0 Å². The maximum absolute atomic E-state index is 12.8. The second kappa shape index (κ2) is 9.95. The van der Waals surface area contributed by atoms with Gasteiger partial charge in [0.15, 0.2) is 5.69 Å². The summed E-state index contributed by atoms with van der Waals surface area (Å²) in [7, 11) is 0. The Kier molecular flexibility index (Phi) is 6.83. The summed E-state index contributed by atoms with van der Waals surface area (Å²) < 4.78 is 6.23. The van der Waals surface area contributed by atoms with Gasteiger partial charge in [0, 0.05) is 24.3 Å². The smallest absolute Gasteiger partial charge is 0.278 e. The molecule has 2 aromatic carbocycles. The molecule has 1 aliphatic heterocycles. The number of aromatic nitrogens is 3. The monoisotopic (exact) mass is 465 g/mol. The molecule has 0 saturated heterocycles. The number of hydrogen-bond donors (Lipinski definition) is 0. The van der Waals surface area contributed by atoms with Crippen molar-refractivity contribution < 1.29 is 14.5 Å². The lowest BCUT2D eigenvalue weighted by Gasteiger charge is -2.29. The Morgan fingerprint density at radius 2 is 1.91 bits per heavy atom. The van der Waals surface area contributed by atoms with E-state index in [0.717, 1.165) is 25.0 Å². The number of para-hydroxylation sites is 2. The lowest BCUT2D eigenvalue weighted by molar-refractivity contribution is -0.386. The predicted octanol–water partition coefficient (Wildman–Crippen LogP) is 5.17. The fraction of sp³-hybridized carbons (Fsp3) is 0.304. The molecule has 1 amide bonds. The van der Waals surface area contributed by atoms with Crippen molar-refractivity contribution in [2.24, 2.45) is 0 Å². The molecule has 0 spiro atoms. The molecular weight excluding hydrogens is 442 g/mol. The number of fused-ring (bicyclic) bond motifs is 3. The highest BCUT2D eigenvalue weighted by atomic mass is 32.2. The summed E-state index contributed by atoms with van der Waals surface area (Å²) in [6.45, 7) is 3.53. The van der Waals surface area contributed by atoms with Gasteiger partial charge >= 0.3 is 0 Å². The van der Waals surface area contributed by atoms with E-state index in [-0.39, 0.29) is 23.0 Å². The van der Waals surface area contributed by atoms with Crippen LogP contribution in [-0.2, 0) is 4.79 Å². The lowest BCUT2D eigenvalue weighted by Crippen LogP contribution is -2.36. The zero-order chi connectivity index (χ0) is 23.4. The van der Waals surface area contributed by atoms with E-state index in [9.17, 15) is 14.9 Å². The summed E-state index contributed by atoms with van der Waals surface area (Å²) in [4.78, 5) is 30.1. The van der Waals surface area contributed by atoms with Crippen molar-refractivity contribution in [3.05, 3.63) is 64.2 Å². The van der Waals surface area contributed by atoms with Crippen molar-refractivity contribution in [2.75, 3.05) is 10.7 Å². The summed E-state index contributed by atoms with van der Waals surface area (Å²) in [6.07, 6.45) is 2.16. The predicted molar refractivity (Wildman–Crippen MR) is 125 cm³/mol. The quantitative estimate of drug-likeness (QED) is 0.203. The van der Waals surface area contributed by atoms with Crippen LogP contribution in [0.5, 0.6) is 5.88 Å². The van der Waals surface area contributed by atoms with E-state index < -0.39 is 11.2 Å². The largest absolute Gasteiger partial charge is 0.447 e. The number of benzene rings is 2. The molecule has 0 aliphatic carbocycles. The normalized spacial score (nSPS) is 14.6. The highest BCUT2D eigenvalue weighted by Crippen LogP contribution is 2.44. The summed E-state index contributed by atoms with van der Waals surface area (Å²) in [5.74, 6) is 0.695. The topological polar surface area (TPSA) is 111 Å². The Morgan fingerprint density at radius 3 is 2.67 bits per heavy atom. The van der Waals surface area contributed by atoms with Gasteiger partial charge in [0.2, 0.25) is 23.2 Å².